The number of hydrogen-bond acceptors (Lipinski definition) is 2. The van der Waals surface area contributed by atoms with Crippen molar-refractivity contribution in [2.24, 2.45) is 0 Å². The fourth-order valence-electron chi connectivity index (χ4n) is 1.79. The molecule has 0 aromatic heterocycles. The van der Waals surface area contributed by atoms with E-state index in [1.807, 2.05) is 6.92 Å². The smallest absolute Gasteiger partial charge is 0.239 e. The van der Waals surface area contributed by atoms with Crippen molar-refractivity contribution >= 4 is 11.8 Å². The molecule has 4 nitrogen and oxygen atoms in total. The van der Waals surface area contributed by atoms with Gasteiger partial charge < -0.3 is 10.6 Å². The average molecular weight is 276 g/mol. The summed E-state index contributed by atoms with van der Waals surface area (Å²) in [5, 5.41) is 5.35. The summed E-state index contributed by atoms with van der Waals surface area (Å²) < 4.78 is 0. The standard InChI is InChI=1S/C16H24N2O2/c1-3-11-17-16(20)12-18-15(19)10-9-14-7-5-13(4-2)6-8-14/h5-8H,3-4,9-12H2,1-2H3,(H,17,20)(H,18,19). The zero-order chi connectivity index (χ0) is 14.8. The van der Waals surface area contributed by atoms with Gasteiger partial charge in [0.25, 0.3) is 0 Å². The maximum atomic E-state index is 11.6. The maximum absolute atomic E-state index is 11.6. The summed E-state index contributed by atoms with van der Waals surface area (Å²) in [5.74, 6) is -0.219. The number of carbonyl (C=O) groups is 2. The zero-order valence-corrected chi connectivity index (χ0v) is 12.4. The Balaban J connectivity index is 2.23. The fraction of sp³-hybridized carbons (Fsp3) is 0.500. The van der Waals surface area contributed by atoms with Crippen LogP contribution in [-0.4, -0.2) is 24.9 Å². The van der Waals surface area contributed by atoms with E-state index in [1.54, 1.807) is 0 Å². The Labute approximate surface area is 121 Å². The quantitative estimate of drug-likeness (QED) is 0.761. The third-order valence-corrected chi connectivity index (χ3v) is 3.09. The highest BCUT2D eigenvalue weighted by Crippen LogP contribution is 2.07. The number of amides is 2. The summed E-state index contributed by atoms with van der Waals surface area (Å²) in [4.78, 5) is 23.0. The van der Waals surface area contributed by atoms with Gasteiger partial charge in [-0.05, 0) is 30.4 Å². The van der Waals surface area contributed by atoms with E-state index in [2.05, 4.69) is 41.8 Å². The Kier molecular flexibility index (Phi) is 7.40. The molecule has 0 atom stereocenters. The van der Waals surface area contributed by atoms with Crippen LogP contribution < -0.4 is 10.6 Å². The molecule has 2 N–H and O–H groups in total. The largest absolute Gasteiger partial charge is 0.355 e. The third kappa shape index (κ3) is 6.36. The van der Waals surface area contributed by atoms with Crippen LogP contribution in [0.3, 0.4) is 0 Å². The fourth-order valence-corrected chi connectivity index (χ4v) is 1.79. The Morgan fingerprint density at radius 2 is 1.60 bits per heavy atom. The Hall–Kier alpha value is -1.84. The van der Waals surface area contributed by atoms with Gasteiger partial charge in [-0.2, -0.15) is 0 Å². The van der Waals surface area contributed by atoms with E-state index in [1.165, 1.54) is 5.56 Å². The predicted octanol–water partition coefficient (Wildman–Crippen LogP) is 1.82. The van der Waals surface area contributed by atoms with Crippen molar-refractivity contribution in [1.82, 2.24) is 10.6 Å². The van der Waals surface area contributed by atoms with Gasteiger partial charge in [0.2, 0.25) is 11.8 Å². The molecule has 0 spiro atoms. The monoisotopic (exact) mass is 276 g/mol. The van der Waals surface area contributed by atoms with E-state index < -0.39 is 0 Å². The Morgan fingerprint density at radius 3 is 2.20 bits per heavy atom. The van der Waals surface area contributed by atoms with Gasteiger partial charge in [0.1, 0.15) is 0 Å². The minimum Gasteiger partial charge on any atom is -0.355 e. The number of hydrogen-bond donors (Lipinski definition) is 2. The van der Waals surface area contributed by atoms with Crippen LogP contribution in [0.4, 0.5) is 0 Å². The van der Waals surface area contributed by atoms with Crippen molar-refractivity contribution in [2.45, 2.75) is 39.5 Å². The van der Waals surface area contributed by atoms with Crippen molar-refractivity contribution in [3.8, 4) is 0 Å². The minimum atomic E-state index is -0.132. The van der Waals surface area contributed by atoms with E-state index in [-0.39, 0.29) is 18.4 Å². The molecular weight excluding hydrogens is 252 g/mol. The van der Waals surface area contributed by atoms with Crippen molar-refractivity contribution < 1.29 is 9.59 Å². The number of rotatable bonds is 8. The van der Waals surface area contributed by atoms with Gasteiger partial charge in [-0.1, -0.05) is 38.1 Å². The molecule has 0 heterocycles. The summed E-state index contributed by atoms with van der Waals surface area (Å²) in [6.07, 6.45) is 3.03. The molecule has 0 aliphatic carbocycles. The van der Waals surface area contributed by atoms with E-state index in [0.717, 1.165) is 18.4 Å². The predicted molar refractivity (Wildman–Crippen MR) is 80.5 cm³/mol. The van der Waals surface area contributed by atoms with Crippen LogP contribution in [0.5, 0.6) is 0 Å². The topological polar surface area (TPSA) is 58.2 Å². The molecule has 4 heteroatoms. The summed E-state index contributed by atoms with van der Waals surface area (Å²) in [6.45, 7) is 4.82. The van der Waals surface area contributed by atoms with Crippen molar-refractivity contribution in [3.63, 3.8) is 0 Å². The number of aryl methyl sites for hydroxylation is 2. The van der Waals surface area contributed by atoms with Gasteiger partial charge in [0, 0.05) is 13.0 Å². The lowest BCUT2D eigenvalue weighted by molar-refractivity contribution is -0.126. The van der Waals surface area contributed by atoms with Gasteiger partial charge >= 0.3 is 0 Å². The van der Waals surface area contributed by atoms with Crippen molar-refractivity contribution in [3.05, 3.63) is 35.4 Å². The Morgan fingerprint density at radius 1 is 0.950 bits per heavy atom. The normalized spacial score (nSPS) is 10.1. The first-order valence-corrected chi connectivity index (χ1v) is 7.27. The molecule has 0 saturated carbocycles. The highest BCUT2D eigenvalue weighted by molar-refractivity contribution is 5.84. The van der Waals surface area contributed by atoms with Crippen LogP contribution in [0, 0.1) is 0 Å². The molecule has 0 aliphatic rings. The van der Waals surface area contributed by atoms with Crippen LogP contribution in [0.15, 0.2) is 24.3 Å². The van der Waals surface area contributed by atoms with Gasteiger partial charge in [-0.15, -0.1) is 0 Å². The molecule has 0 fully saturated rings. The van der Waals surface area contributed by atoms with Crippen LogP contribution >= 0.6 is 0 Å². The molecule has 1 aromatic rings. The lowest BCUT2D eigenvalue weighted by Gasteiger charge is -2.06. The van der Waals surface area contributed by atoms with Gasteiger partial charge in [0.15, 0.2) is 0 Å². The molecule has 2 amide bonds. The van der Waals surface area contributed by atoms with Gasteiger partial charge in [-0.3, -0.25) is 9.59 Å². The molecule has 0 aliphatic heterocycles. The minimum absolute atomic E-state index is 0.0631. The zero-order valence-electron chi connectivity index (χ0n) is 12.4. The van der Waals surface area contributed by atoms with Crippen LogP contribution in [0.25, 0.3) is 0 Å². The first kappa shape index (κ1) is 16.2. The molecule has 0 radical (unpaired) electrons. The number of nitrogens with one attached hydrogen (secondary N) is 2. The molecule has 0 saturated heterocycles. The lowest BCUT2D eigenvalue weighted by atomic mass is 10.1. The molecule has 1 rings (SSSR count). The average Bonchev–Trinajstić information content (AvgIpc) is 2.49. The van der Waals surface area contributed by atoms with E-state index >= 15 is 0 Å². The highest BCUT2D eigenvalue weighted by atomic mass is 16.2. The first-order valence-electron chi connectivity index (χ1n) is 7.27. The second-order valence-corrected chi connectivity index (χ2v) is 4.80. The summed E-state index contributed by atoms with van der Waals surface area (Å²) >= 11 is 0. The molecule has 1 aromatic carbocycles. The van der Waals surface area contributed by atoms with E-state index in [4.69, 9.17) is 0 Å². The number of benzene rings is 1. The SMILES string of the molecule is CCCNC(=O)CNC(=O)CCc1ccc(CC)cc1. The summed E-state index contributed by atoms with van der Waals surface area (Å²) in [7, 11) is 0. The van der Waals surface area contributed by atoms with Gasteiger partial charge in [0.05, 0.1) is 6.54 Å². The lowest BCUT2D eigenvalue weighted by Crippen LogP contribution is -2.37. The van der Waals surface area contributed by atoms with Crippen LogP contribution in [0.2, 0.25) is 0 Å². The third-order valence-electron chi connectivity index (χ3n) is 3.09. The second kappa shape index (κ2) is 9.13. The van der Waals surface area contributed by atoms with Gasteiger partial charge in [-0.25, -0.2) is 0 Å². The van der Waals surface area contributed by atoms with Crippen LogP contribution in [0.1, 0.15) is 37.8 Å². The maximum Gasteiger partial charge on any atom is 0.239 e. The summed E-state index contributed by atoms with van der Waals surface area (Å²) in [6, 6.07) is 8.29. The Bertz CT molecular complexity index is 427. The summed E-state index contributed by atoms with van der Waals surface area (Å²) in [5.41, 5.74) is 2.44. The number of carbonyl (C=O) groups excluding carboxylic acids is 2. The highest BCUT2D eigenvalue weighted by Gasteiger charge is 2.05. The van der Waals surface area contributed by atoms with E-state index in [0.29, 0.717) is 19.4 Å². The van der Waals surface area contributed by atoms with Crippen molar-refractivity contribution in [2.75, 3.05) is 13.1 Å². The van der Waals surface area contributed by atoms with Crippen molar-refractivity contribution in [1.29, 1.82) is 0 Å². The molecule has 0 bridgehead atoms. The first-order chi connectivity index (χ1) is 9.65. The second-order valence-electron chi connectivity index (χ2n) is 4.80. The molecule has 0 unspecified atom stereocenters. The van der Waals surface area contributed by atoms with E-state index in [9.17, 15) is 9.59 Å². The molecule has 110 valence electrons. The van der Waals surface area contributed by atoms with Crippen LogP contribution in [-0.2, 0) is 22.4 Å². The molecule has 20 heavy (non-hydrogen) atoms. The molecular formula is C16H24N2O2.